The first-order valence-electron chi connectivity index (χ1n) is 2.75. The highest BCUT2D eigenvalue weighted by Crippen LogP contribution is 1.84. The Morgan fingerprint density at radius 3 is 3.11 bits per heavy atom. The quantitative estimate of drug-likeness (QED) is 0.542. The fraction of sp³-hybridized carbons (Fsp3) is 0.400. The number of tetrazole rings is 1. The van der Waals surface area contributed by atoms with E-state index in [1.54, 1.807) is 11.0 Å². The van der Waals surface area contributed by atoms with Crippen LogP contribution in [0.3, 0.4) is 0 Å². The molecule has 1 heterocycles. The van der Waals surface area contributed by atoms with Crippen LogP contribution in [0.5, 0.6) is 0 Å². The van der Waals surface area contributed by atoms with E-state index >= 15 is 0 Å². The number of aryl methyl sites for hydroxylation is 1. The molecule has 0 spiro atoms. The van der Waals surface area contributed by atoms with E-state index in [0.29, 0.717) is 0 Å². The van der Waals surface area contributed by atoms with Crippen molar-refractivity contribution in [2.75, 3.05) is 0 Å². The molecule has 0 radical (unpaired) electrons. The maximum absolute atomic E-state index is 3.66. The van der Waals surface area contributed by atoms with Gasteiger partial charge in [0.1, 0.15) is 6.33 Å². The Labute approximate surface area is 53.2 Å². The Bertz CT molecular complexity index is 167. The van der Waals surface area contributed by atoms with Crippen molar-refractivity contribution in [1.29, 1.82) is 0 Å². The van der Waals surface area contributed by atoms with Gasteiger partial charge in [-0.25, -0.2) is 4.68 Å². The molecule has 0 saturated heterocycles. The van der Waals surface area contributed by atoms with E-state index in [1.807, 2.05) is 6.08 Å². The van der Waals surface area contributed by atoms with Crippen molar-refractivity contribution in [3.05, 3.63) is 19.0 Å². The van der Waals surface area contributed by atoms with E-state index in [4.69, 9.17) is 0 Å². The van der Waals surface area contributed by atoms with E-state index in [1.165, 1.54) is 0 Å². The summed E-state index contributed by atoms with van der Waals surface area (Å²) in [5.41, 5.74) is 0. The van der Waals surface area contributed by atoms with Crippen LogP contribution in [-0.4, -0.2) is 20.2 Å². The van der Waals surface area contributed by atoms with E-state index in [-0.39, 0.29) is 0 Å². The van der Waals surface area contributed by atoms with Gasteiger partial charge in [-0.1, -0.05) is 6.08 Å². The summed E-state index contributed by atoms with van der Waals surface area (Å²) in [4.78, 5) is 0. The number of rotatable bonds is 3. The van der Waals surface area contributed by atoms with Crippen LogP contribution in [0.1, 0.15) is 6.42 Å². The van der Waals surface area contributed by atoms with Gasteiger partial charge in [-0.15, -0.1) is 11.7 Å². The summed E-state index contributed by atoms with van der Waals surface area (Å²) in [6.45, 7) is 4.39. The fourth-order valence-electron chi connectivity index (χ4n) is 0.506. The molecule has 0 amide bonds. The number of nitrogens with zero attached hydrogens (tertiary/aromatic N) is 4. The molecule has 0 aliphatic rings. The van der Waals surface area contributed by atoms with Crippen molar-refractivity contribution in [3.63, 3.8) is 0 Å². The van der Waals surface area contributed by atoms with E-state index < -0.39 is 0 Å². The van der Waals surface area contributed by atoms with Crippen LogP contribution < -0.4 is 0 Å². The highest BCUT2D eigenvalue weighted by molar-refractivity contribution is 4.65. The number of allylic oxidation sites excluding steroid dienone is 1. The second kappa shape index (κ2) is 2.96. The smallest absolute Gasteiger partial charge is 0.138 e. The van der Waals surface area contributed by atoms with E-state index in [9.17, 15) is 0 Å². The van der Waals surface area contributed by atoms with Crippen LogP contribution >= 0.6 is 0 Å². The van der Waals surface area contributed by atoms with Crippen molar-refractivity contribution in [3.8, 4) is 0 Å². The van der Waals surface area contributed by atoms with Crippen molar-refractivity contribution >= 4 is 0 Å². The summed E-state index contributed by atoms with van der Waals surface area (Å²) in [7, 11) is 0. The minimum Gasteiger partial charge on any atom is -0.232 e. The zero-order valence-electron chi connectivity index (χ0n) is 5.06. The summed E-state index contributed by atoms with van der Waals surface area (Å²) < 4.78 is 1.67. The highest BCUT2D eigenvalue weighted by atomic mass is 15.5. The second-order valence-corrected chi connectivity index (χ2v) is 1.65. The molecule has 9 heavy (non-hydrogen) atoms. The summed E-state index contributed by atoms with van der Waals surface area (Å²) in [6.07, 6.45) is 4.33. The van der Waals surface area contributed by atoms with Gasteiger partial charge in [0.2, 0.25) is 0 Å². The zero-order valence-corrected chi connectivity index (χ0v) is 5.06. The first kappa shape index (κ1) is 5.94. The normalized spacial score (nSPS) is 9.33. The third-order valence-corrected chi connectivity index (χ3v) is 0.954. The van der Waals surface area contributed by atoms with Crippen molar-refractivity contribution < 1.29 is 0 Å². The van der Waals surface area contributed by atoms with Gasteiger partial charge in [0.05, 0.1) is 0 Å². The lowest BCUT2D eigenvalue weighted by molar-refractivity contribution is 0.596. The predicted molar refractivity (Wildman–Crippen MR) is 32.6 cm³/mol. The summed E-state index contributed by atoms with van der Waals surface area (Å²) in [6, 6.07) is 0. The van der Waals surface area contributed by atoms with Crippen molar-refractivity contribution in [1.82, 2.24) is 20.2 Å². The topological polar surface area (TPSA) is 43.6 Å². The Morgan fingerprint density at radius 1 is 1.67 bits per heavy atom. The molecule has 0 aromatic carbocycles. The predicted octanol–water partition coefficient (Wildman–Crippen LogP) is 0.249. The zero-order chi connectivity index (χ0) is 6.53. The maximum atomic E-state index is 3.66. The third kappa shape index (κ3) is 1.64. The number of hydrogen-bond donors (Lipinski definition) is 0. The Hall–Kier alpha value is -1.19. The third-order valence-electron chi connectivity index (χ3n) is 0.954. The molecule has 48 valence electrons. The van der Waals surface area contributed by atoms with Gasteiger partial charge in [0.25, 0.3) is 0 Å². The number of hydrogen-bond acceptors (Lipinski definition) is 3. The molecular weight excluding hydrogens is 116 g/mol. The lowest BCUT2D eigenvalue weighted by Crippen LogP contribution is -1.96. The Morgan fingerprint density at radius 2 is 2.56 bits per heavy atom. The molecule has 1 rings (SSSR count). The van der Waals surface area contributed by atoms with Crippen LogP contribution in [0.4, 0.5) is 0 Å². The van der Waals surface area contributed by atoms with Crippen LogP contribution in [-0.2, 0) is 6.54 Å². The van der Waals surface area contributed by atoms with Gasteiger partial charge in [-0.2, -0.15) is 0 Å². The molecule has 0 aliphatic heterocycles. The highest BCUT2D eigenvalue weighted by Gasteiger charge is 1.86. The molecule has 0 N–H and O–H groups in total. The van der Waals surface area contributed by atoms with Crippen LogP contribution in [0.2, 0.25) is 0 Å². The molecule has 1 aromatic heterocycles. The van der Waals surface area contributed by atoms with Crippen LogP contribution in [0.15, 0.2) is 19.0 Å². The van der Waals surface area contributed by atoms with E-state index in [2.05, 4.69) is 22.1 Å². The minimum atomic E-state index is 0.816. The minimum absolute atomic E-state index is 0.816. The van der Waals surface area contributed by atoms with Gasteiger partial charge in [-0.3, -0.25) is 0 Å². The maximum Gasteiger partial charge on any atom is 0.138 e. The van der Waals surface area contributed by atoms with Gasteiger partial charge in [0.15, 0.2) is 0 Å². The molecular formula is C5H8N4. The first-order chi connectivity index (χ1) is 4.43. The van der Waals surface area contributed by atoms with Crippen molar-refractivity contribution in [2.24, 2.45) is 0 Å². The summed E-state index contributed by atoms with van der Waals surface area (Å²) in [5.74, 6) is 0. The fourth-order valence-corrected chi connectivity index (χ4v) is 0.506. The van der Waals surface area contributed by atoms with Crippen LogP contribution in [0, 0.1) is 0 Å². The van der Waals surface area contributed by atoms with E-state index in [0.717, 1.165) is 13.0 Å². The first-order valence-corrected chi connectivity index (χ1v) is 2.75. The van der Waals surface area contributed by atoms with Gasteiger partial charge in [-0.05, 0) is 16.8 Å². The largest absolute Gasteiger partial charge is 0.232 e. The molecule has 0 bridgehead atoms. The van der Waals surface area contributed by atoms with Gasteiger partial charge in [0, 0.05) is 6.54 Å². The van der Waals surface area contributed by atoms with Gasteiger partial charge >= 0.3 is 0 Å². The lowest BCUT2D eigenvalue weighted by atomic mass is 10.4. The molecule has 0 saturated carbocycles. The van der Waals surface area contributed by atoms with Crippen LogP contribution in [0.25, 0.3) is 0 Å². The Kier molecular flexibility index (Phi) is 1.95. The average molecular weight is 124 g/mol. The average Bonchev–Trinajstić information content (AvgIpc) is 2.34. The molecule has 0 atom stereocenters. The molecule has 0 fully saturated rings. The van der Waals surface area contributed by atoms with Gasteiger partial charge < -0.3 is 0 Å². The molecule has 4 heteroatoms. The molecule has 4 nitrogen and oxygen atoms in total. The van der Waals surface area contributed by atoms with Crippen molar-refractivity contribution in [2.45, 2.75) is 13.0 Å². The molecule has 0 aliphatic carbocycles. The monoisotopic (exact) mass is 124 g/mol. The molecule has 0 unspecified atom stereocenters. The SMILES string of the molecule is C=CCCn1cnnn1. The summed E-state index contributed by atoms with van der Waals surface area (Å²) >= 11 is 0. The number of aromatic nitrogens is 4. The second-order valence-electron chi connectivity index (χ2n) is 1.65. The molecule has 1 aromatic rings. The Balaban J connectivity index is 2.38. The standard InChI is InChI=1S/C5H8N4/c1-2-3-4-9-5-6-7-8-9/h2,5H,1,3-4H2. The lowest BCUT2D eigenvalue weighted by Gasteiger charge is -1.90. The summed E-state index contributed by atoms with van der Waals surface area (Å²) in [5, 5.41) is 10.6.